The molecule has 0 bridgehead atoms. The lowest BCUT2D eigenvalue weighted by atomic mass is 10.1. The van der Waals surface area contributed by atoms with E-state index in [1.54, 1.807) is 0 Å². The van der Waals surface area contributed by atoms with Gasteiger partial charge < -0.3 is 5.32 Å². The van der Waals surface area contributed by atoms with E-state index in [2.05, 4.69) is 44.3 Å². The monoisotopic (exact) mass is 293 g/mol. The molecule has 0 aliphatic heterocycles. The van der Waals surface area contributed by atoms with E-state index in [0.717, 1.165) is 11.3 Å². The van der Waals surface area contributed by atoms with E-state index in [9.17, 15) is 0 Å². The Morgan fingerprint density at radius 1 is 0.947 bits per heavy atom. The van der Waals surface area contributed by atoms with E-state index in [4.69, 9.17) is 23.2 Å². The maximum Gasteiger partial charge on any atom is 0.0595 e. The van der Waals surface area contributed by atoms with Crippen LogP contribution in [0.4, 0.5) is 5.69 Å². The first-order valence-corrected chi connectivity index (χ1v) is 7.01. The predicted octanol–water partition coefficient (Wildman–Crippen LogP) is 5.78. The van der Waals surface area contributed by atoms with Gasteiger partial charge in [-0.3, -0.25) is 0 Å². The number of halogens is 2. The van der Waals surface area contributed by atoms with Crippen molar-refractivity contribution in [2.75, 3.05) is 5.32 Å². The normalized spacial score (nSPS) is 12.3. The van der Waals surface area contributed by atoms with Crippen molar-refractivity contribution in [1.29, 1.82) is 0 Å². The zero-order valence-corrected chi connectivity index (χ0v) is 12.8. The second kappa shape index (κ2) is 5.85. The molecule has 0 aliphatic carbocycles. The number of hydrogen-bond donors (Lipinski definition) is 1. The third-order valence-corrected chi connectivity index (χ3v) is 3.95. The summed E-state index contributed by atoms with van der Waals surface area (Å²) < 4.78 is 0. The van der Waals surface area contributed by atoms with Crippen LogP contribution in [-0.2, 0) is 0 Å². The van der Waals surface area contributed by atoms with Gasteiger partial charge in [-0.2, -0.15) is 0 Å². The second-order valence-electron chi connectivity index (χ2n) is 4.86. The minimum atomic E-state index is 0.176. The predicted molar refractivity (Wildman–Crippen MR) is 84.4 cm³/mol. The molecule has 0 aromatic heterocycles. The summed E-state index contributed by atoms with van der Waals surface area (Å²) in [6, 6.07) is 12.3. The number of rotatable bonds is 3. The lowest BCUT2D eigenvalue weighted by Crippen LogP contribution is -2.07. The van der Waals surface area contributed by atoms with E-state index in [0.29, 0.717) is 10.0 Å². The summed E-state index contributed by atoms with van der Waals surface area (Å²) in [6.07, 6.45) is 0. The fraction of sp³-hybridized carbons (Fsp3) is 0.250. The quantitative estimate of drug-likeness (QED) is 0.756. The third-order valence-electron chi connectivity index (χ3n) is 3.21. The first-order chi connectivity index (χ1) is 8.97. The van der Waals surface area contributed by atoms with Gasteiger partial charge in [0.25, 0.3) is 0 Å². The first kappa shape index (κ1) is 14.2. The van der Waals surface area contributed by atoms with Crippen LogP contribution in [0.2, 0.25) is 10.0 Å². The minimum Gasteiger partial charge on any atom is -0.378 e. The van der Waals surface area contributed by atoms with E-state index >= 15 is 0 Å². The van der Waals surface area contributed by atoms with Crippen LogP contribution in [0.15, 0.2) is 36.4 Å². The van der Waals surface area contributed by atoms with Crippen LogP contribution in [0, 0.1) is 13.8 Å². The van der Waals surface area contributed by atoms with Crippen LogP contribution < -0.4 is 5.32 Å². The summed E-state index contributed by atoms with van der Waals surface area (Å²) in [4.78, 5) is 0. The largest absolute Gasteiger partial charge is 0.378 e. The van der Waals surface area contributed by atoms with Crippen LogP contribution in [0.5, 0.6) is 0 Å². The molecule has 0 fully saturated rings. The Hall–Kier alpha value is -1.18. The van der Waals surface area contributed by atoms with Gasteiger partial charge in [-0.25, -0.2) is 0 Å². The Balaban J connectivity index is 2.22. The van der Waals surface area contributed by atoms with Crippen molar-refractivity contribution in [3.05, 3.63) is 63.1 Å². The van der Waals surface area contributed by atoms with Crippen LogP contribution in [0.3, 0.4) is 0 Å². The molecular weight excluding hydrogens is 277 g/mol. The van der Waals surface area contributed by atoms with Crippen LogP contribution in [0.25, 0.3) is 0 Å². The fourth-order valence-corrected chi connectivity index (χ4v) is 2.30. The smallest absolute Gasteiger partial charge is 0.0595 e. The van der Waals surface area contributed by atoms with E-state index in [-0.39, 0.29) is 6.04 Å². The molecule has 19 heavy (non-hydrogen) atoms. The zero-order chi connectivity index (χ0) is 14.0. The van der Waals surface area contributed by atoms with Crippen molar-refractivity contribution in [3.63, 3.8) is 0 Å². The topological polar surface area (TPSA) is 12.0 Å². The summed E-state index contributed by atoms with van der Waals surface area (Å²) in [6.45, 7) is 6.30. The molecule has 1 N–H and O–H groups in total. The Kier molecular flexibility index (Phi) is 4.38. The average molecular weight is 294 g/mol. The minimum absolute atomic E-state index is 0.176. The van der Waals surface area contributed by atoms with Gasteiger partial charge in [0.05, 0.1) is 10.0 Å². The summed E-state index contributed by atoms with van der Waals surface area (Å²) >= 11 is 12.0. The van der Waals surface area contributed by atoms with Crippen molar-refractivity contribution in [1.82, 2.24) is 0 Å². The maximum absolute atomic E-state index is 6.06. The summed E-state index contributed by atoms with van der Waals surface area (Å²) in [5.74, 6) is 0. The number of nitrogens with one attached hydrogen (secondary N) is 1. The molecule has 0 heterocycles. The highest BCUT2D eigenvalue weighted by atomic mass is 35.5. The van der Waals surface area contributed by atoms with Gasteiger partial charge in [-0.15, -0.1) is 0 Å². The van der Waals surface area contributed by atoms with Gasteiger partial charge in [0.1, 0.15) is 0 Å². The molecule has 0 saturated carbocycles. The molecule has 0 spiro atoms. The number of benzene rings is 2. The van der Waals surface area contributed by atoms with Crippen molar-refractivity contribution >= 4 is 28.9 Å². The van der Waals surface area contributed by atoms with E-state index < -0.39 is 0 Å². The first-order valence-electron chi connectivity index (χ1n) is 6.26. The molecule has 0 aliphatic rings. The molecular formula is C16H17Cl2N. The lowest BCUT2D eigenvalue weighted by molar-refractivity contribution is 0.882. The van der Waals surface area contributed by atoms with Crippen molar-refractivity contribution in [2.45, 2.75) is 26.8 Å². The SMILES string of the molecule is Cc1ccc(C)c(NC(C)c2ccc(Cl)c(Cl)c2)c1. The average Bonchev–Trinajstić information content (AvgIpc) is 2.37. The summed E-state index contributed by atoms with van der Waals surface area (Å²) in [5.41, 5.74) is 4.75. The van der Waals surface area contributed by atoms with E-state index in [1.165, 1.54) is 11.1 Å². The maximum atomic E-state index is 6.06. The second-order valence-corrected chi connectivity index (χ2v) is 5.67. The van der Waals surface area contributed by atoms with Gasteiger partial charge in [0.2, 0.25) is 0 Å². The zero-order valence-electron chi connectivity index (χ0n) is 11.3. The molecule has 1 atom stereocenters. The molecule has 2 aromatic rings. The molecule has 2 aromatic carbocycles. The lowest BCUT2D eigenvalue weighted by Gasteiger charge is -2.18. The number of hydrogen-bond acceptors (Lipinski definition) is 1. The molecule has 1 nitrogen and oxygen atoms in total. The number of aryl methyl sites for hydroxylation is 2. The molecule has 0 amide bonds. The third kappa shape index (κ3) is 3.43. The van der Waals surface area contributed by atoms with Gasteiger partial charge >= 0.3 is 0 Å². The summed E-state index contributed by atoms with van der Waals surface area (Å²) in [5, 5.41) is 4.69. The van der Waals surface area contributed by atoms with Crippen molar-refractivity contribution < 1.29 is 0 Å². The van der Waals surface area contributed by atoms with Gasteiger partial charge in [0.15, 0.2) is 0 Å². The Morgan fingerprint density at radius 2 is 1.68 bits per heavy atom. The standard InChI is InChI=1S/C16H17Cl2N/c1-10-4-5-11(2)16(8-10)19-12(3)13-6-7-14(17)15(18)9-13/h4-9,12,19H,1-3H3. The van der Waals surface area contributed by atoms with Crippen molar-refractivity contribution in [3.8, 4) is 0 Å². The van der Waals surface area contributed by atoms with Crippen LogP contribution in [0.1, 0.15) is 29.7 Å². The molecule has 0 radical (unpaired) electrons. The highest BCUT2D eigenvalue weighted by molar-refractivity contribution is 6.42. The highest BCUT2D eigenvalue weighted by Gasteiger charge is 2.09. The highest BCUT2D eigenvalue weighted by Crippen LogP contribution is 2.28. The number of anilines is 1. The molecule has 1 unspecified atom stereocenters. The summed E-state index contributed by atoms with van der Waals surface area (Å²) in [7, 11) is 0. The van der Waals surface area contributed by atoms with Gasteiger partial charge in [-0.05, 0) is 55.7 Å². The van der Waals surface area contributed by atoms with Gasteiger partial charge in [0, 0.05) is 11.7 Å². The fourth-order valence-electron chi connectivity index (χ4n) is 1.99. The van der Waals surface area contributed by atoms with Crippen molar-refractivity contribution in [2.24, 2.45) is 0 Å². The molecule has 0 saturated heterocycles. The van der Waals surface area contributed by atoms with Crippen LogP contribution in [-0.4, -0.2) is 0 Å². The molecule has 2 rings (SSSR count). The Bertz CT molecular complexity index is 593. The van der Waals surface area contributed by atoms with Gasteiger partial charge in [-0.1, -0.05) is 41.4 Å². The molecule has 100 valence electrons. The Morgan fingerprint density at radius 3 is 2.37 bits per heavy atom. The Labute approximate surface area is 124 Å². The van der Waals surface area contributed by atoms with Crippen LogP contribution >= 0.6 is 23.2 Å². The molecule has 3 heteroatoms. The van der Waals surface area contributed by atoms with E-state index in [1.807, 2.05) is 18.2 Å².